The molecule has 2 N–H and O–H groups in total. The Bertz CT molecular complexity index is 383. The summed E-state index contributed by atoms with van der Waals surface area (Å²) in [6, 6.07) is 8.50. The van der Waals surface area contributed by atoms with Crippen molar-refractivity contribution in [3.63, 3.8) is 0 Å². The van der Waals surface area contributed by atoms with Crippen molar-refractivity contribution in [3.8, 4) is 0 Å². The van der Waals surface area contributed by atoms with Crippen molar-refractivity contribution >= 4 is 5.69 Å². The van der Waals surface area contributed by atoms with E-state index in [0.717, 1.165) is 32.7 Å². The molecule has 0 unspecified atom stereocenters. The SMILES string of the molecule is CN(C)CCN1CCN(c2ccccc2CN)CC1. The van der Waals surface area contributed by atoms with Gasteiger partial charge >= 0.3 is 0 Å². The molecule has 1 aromatic carbocycles. The minimum absolute atomic E-state index is 0.622. The van der Waals surface area contributed by atoms with Crippen LogP contribution in [-0.2, 0) is 6.54 Å². The fraction of sp³-hybridized carbons (Fsp3) is 0.600. The minimum atomic E-state index is 0.622. The maximum absolute atomic E-state index is 5.82. The summed E-state index contributed by atoms with van der Waals surface area (Å²) in [7, 11) is 4.27. The van der Waals surface area contributed by atoms with Crippen LogP contribution >= 0.6 is 0 Å². The first-order valence-corrected chi connectivity index (χ1v) is 7.10. The highest BCUT2D eigenvalue weighted by atomic mass is 15.3. The highest BCUT2D eigenvalue weighted by molar-refractivity contribution is 5.53. The zero-order chi connectivity index (χ0) is 13.7. The lowest BCUT2D eigenvalue weighted by atomic mass is 10.1. The third-order valence-electron chi connectivity index (χ3n) is 3.79. The van der Waals surface area contributed by atoms with Gasteiger partial charge in [-0.05, 0) is 25.7 Å². The van der Waals surface area contributed by atoms with E-state index in [4.69, 9.17) is 5.73 Å². The van der Waals surface area contributed by atoms with E-state index >= 15 is 0 Å². The van der Waals surface area contributed by atoms with Crippen LogP contribution in [-0.4, -0.2) is 63.2 Å². The van der Waals surface area contributed by atoms with Crippen molar-refractivity contribution in [2.45, 2.75) is 6.54 Å². The lowest BCUT2D eigenvalue weighted by Crippen LogP contribution is -2.48. The number of piperazine rings is 1. The van der Waals surface area contributed by atoms with Gasteiger partial charge in [-0.3, -0.25) is 4.90 Å². The summed E-state index contributed by atoms with van der Waals surface area (Å²) in [6.07, 6.45) is 0. The second kappa shape index (κ2) is 6.89. The van der Waals surface area contributed by atoms with E-state index in [0.29, 0.717) is 6.54 Å². The second-order valence-electron chi connectivity index (χ2n) is 5.46. The van der Waals surface area contributed by atoms with Crippen LogP contribution in [0.1, 0.15) is 5.56 Å². The summed E-state index contributed by atoms with van der Waals surface area (Å²) in [5.41, 5.74) is 8.39. The Morgan fingerprint density at radius 1 is 1.11 bits per heavy atom. The van der Waals surface area contributed by atoms with Crippen molar-refractivity contribution in [1.82, 2.24) is 9.80 Å². The number of hydrogen-bond donors (Lipinski definition) is 1. The number of anilines is 1. The van der Waals surface area contributed by atoms with Crippen LogP contribution < -0.4 is 10.6 Å². The molecule has 0 aromatic heterocycles. The molecule has 4 nitrogen and oxygen atoms in total. The molecule has 0 radical (unpaired) electrons. The summed E-state index contributed by atoms with van der Waals surface area (Å²) >= 11 is 0. The van der Waals surface area contributed by atoms with E-state index in [1.54, 1.807) is 0 Å². The van der Waals surface area contributed by atoms with Gasteiger partial charge in [-0.25, -0.2) is 0 Å². The van der Waals surface area contributed by atoms with Gasteiger partial charge in [0.1, 0.15) is 0 Å². The first-order chi connectivity index (χ1) is 9.20. The number of hydrogen-bond acceptors (Lipinski definition) is 4. The fourth-order valence-electron chi connectivity index (χ4n) is 2.55. The molecule has 1 saturated heterocycles. The Morgan fingerprint density at radius 2 is 1.79 bits per heavy atom. The summed E-state index contributed by atoms with van der Waals surface area (Å²) < 4.78 is 0. The normalized spacial score (nSPS) is 17.2. The molecule has 0 amide bonds. The van der Waals surface area contributed by atoms with E-state index < -0.39 is 0 Å². The van der Waals surface area contributed by atoms with E-state index in [1.807, 2.05) is 0 Å². The Morgan fingerprint density at radius 3 is 2.42 bits per heavy atom. The van der Waals surface area contributed by atoms with Crippen LogP contribution in [0.3, 0.4) is 0 Å². The maximum Gasteiger partial charge on any atom is 0.0412 e. The molecule has 0 saturated carbocycles. The van der Waals surface area contributed by atoms with Gasteiger partial charge in [-0.15, -0.1) is 0 Å². The lowest BCUT2D eigenvalue weighted by Gasteiger charge is -2.37. The first kappa shape index (κ1) is 14.3. The summed E-state index contributed by atoms with van der Waals surface area (Å²) in [5, 5.41) is 0. The number of para-hydroxylation sites is 1. The Labute approximate surface area is 116 Å². The average Bonchev–Trinajstić information content (AvgIpc) is 2.45. The van der Waals surface area contributed by atoms with Crippen molar-refractivity contribution in [1.29, 1.82) is 0 Å². The largest absolute Gasteiger partial charge is 0.369 e. The van der Waals surface area contributed by atoms with Gasteiger partial charge in [0.25, 0.3) is 0 Å². The number of likely N-dealkylation sites (N-methyl/N-ethyl adjacent to an activating group) is 1. The van der Waals surface area contributed by atoms with Crippen LogP contribution in [0.25, 0.3) is 0 Å². The van der Waals surface area contributed by atoms with Crippen LogP contribution in [0.2, 0.25) is 0 Å². The Kier molecular flexibility index (Phi) is 5.19. The molecule has 1 aliphatic rings. The standard InChI is InChI=1S/C15H26N4/c1-17(2)7-8-18-9-11-19(12-10-18)15-6-4-3-5-14(15)13-16/h3-6H,7-13,16H2,1-2H3. The van der Waals surface area contributed by atoms with Gasteiger partial charge in [0.2, 0.25) is 0 Å². The van der Waals surface area contributed by atoms with Gasteiger partial charge < -0.3 is 15.5 Å². The molecule has 1 heterocycles. The number of benzene rings is 1. The first-order valence-electron chi connectivity index (χ1n) is 7.10. The van der Waals surface area contributed by atoms with E-state index in [2.05, 4.69) is 53.1 Å². The zero-order valence-corrected chi connectivity index (χ0v) is 12.2. The molecule has 2 rings (SSSR count). The average molecular weight is 262 g/mol. The van der Waals surface area contributed by atoms with E-state index in [1.165, 1.54) is 17.8 Å². The minimum Gasteiger partial charge on any atom is -0.369 e. The summed E-state index contributed by atoms with van der Waals surface area (Å²) in [5.74, 6) is 0. The summed E-state index contributed by atoms with van der Waals surface area (Å²) in [6.45, 7) is 7.42. The Hall–Kier alpha value is -1.10. The predicted molar refractivity (Wildman–Crippen MR) is 81.5 cm³/mol. The highest BCUT2D eigenvalue weighted by Gasteiger charge is 2.18. The van der Waals surface area contributed by atoms with Crippen LogP contribution in [0.15, 0.2) is 24.3 Å². The topological polar surface area (TPSA) is 35.7 Å². The molecule has 106 valence electrons. The molecule has 1 aromatic rings. The van der Waals surface area contributed by atoms with Crippen LogP contribution in [0.4, 0.5) is 5.69 Å². The third kappa shape index (κ3) is 3.93. The molecule has 19 heavy (non-hydrogen) atoms. The number of rotatable bonds is 5. The van der Waals surface area contributed by atoms with Gasteiger partial charge in [0, 0.05) is 51.5 Å². The Balaban J connectivity index is 1.89. The molecule has 0 bridgehead atoms. The highest BCUT2D eigenvalue weighted by Crippen LogP contribution is 2.21. The smallest absolute Gasteiger partial charge is 0.0412 e. The van der Waals surface area contributed by atoms with Crippen molar-refractivity contribution in [3.05, 3.63) is 29.8 Å². The third-order valence-corrected chi connectivity index (χ3v) is 3.79. The number of nitrogens with zero attached hydrogens (tertiary/aromatic N) is 3. The van der Waals surface area contributed by atoms with Gasteiger partial charge in [0.05, 0.1) is 0 Å². The second-order valence-corrected chi connectivity index (χ2v) is 5.46. The molecule has 0 spiro atoms. The molecule has 0 aliphatic carbocycles. The summed E-state index contributed by atoms with van der Waals surface area (Å²) in [4.78, 5) is 7.26. The monoisotopic (exact) mass is 262 g/mol. The maximum atomic E-state index is 5.82. The van der Waals surface area contributed by atoms with E-state index in [-0.39, 0.29) is 0 Å². The zero-order valence-electron chi connectivity index (χ0n) is 12.2. The van der Waals surface area contributed by atoms with Crippen LogP contribution in [0.5, 0.6) is 0 Å². The molecule has 4 heteroatoms. The van der Waals surface area contributed by atoms with Gasteiger partial charge in [0.15, 0.2) is 0 Å². The van der Waals surface area contributed by atoms with E-state index in [9.17, 15) is 0 Å². The van der Waals surface area contributed by atoms with Gasteiger partial charge in [-0.1, -0.05) is 18.2 Å². The molecule has 0 atom stereocenters. The lowest BCUT2D eigenvalue weighted by molar-refractivity contribution is 0.229. The fourth-order valence-corrected chi connectivity index (χ4v) is 2.55. The molecule has 1 aliphatic heterocycles. The van der Waals surface area contributed by atoms with Gasteiger partial charge in [-0.2, -0.15) is 0 Å². The number of nitrogens with two attached hydrogens (primary N) is 1. The van der Waals surface area contributed by atoms with Crippen LogP contribution in [0, 0.1) is 0 Å². The molecule has 1 fully saturated rings. The predicted octanol–water partition coefficient (Wildman–Crippen LogP) is 0.829. The van der Waals surface area contributed by atoms with Crippen molar-refractivity contribution < 1.29 is 0 Å². The van der Waals surface area contributed by atoms with Crippen molar-refractivity contribution in [2.75, 3.05) is 58.3 Å². The molecular weight excluding hydrogens is 236 g/mol. The quantitative estimate of drug-likeness (QED) is 0.852. The molecular formula is C15H26N4. The van der Waals surface area contributed by atoms with Crippen molar-refractivity contribution in [2.24, 2.45) is 5.73 Å².